The zero-order chi connectivity index (χ0) is 15.7. The summed E-state index contributed by atoms with van der Waals surface area (Å²) in [5.41, 5.74) is 0.558. The van der Waals surface area contributed by atoms with Gasteiger partial charge in [-0.15, -0.1) is 0 Å². The van der Waals surface area contributed by atoms with Gasteiger partial charge in [-0.3, -0.25) is 19.6 Å². The number of ether oxygens (including phenoxy) is 1. The molecule has 1 unspecified atom stereocenters. The van der Waals surface area contributed by atoms with Gasteiger partial charge in [-0.1, -0.05) is 0 Å². The van der Waals surface area contributed by atoms with Crippen molar-refractivity contribution in [2.45, 2.75) is 19.4 Å². The Morgan fingerprint density at radius 1 is 1.55 bits per heavy atom. The second-order valence-electron chi connectivity index (χ2n) is 5.30. The molecule has 3 rings (SSSR count). The Balaban J connectivity index is 1.83. The third-order valence-electron chi connectivity index (χ3n) is 3.92. The molecule has 0 bridgehead atoms. The van der Waals surface area contributed by atoms with Crippen LogP contribution in [0, 0.1) is 16.0 Å². The van der Waals surface area contributed by atoms with Crippen molar-refractivity contribution in [3.8, 4) is 5.75 Å². The smallest absolute Gasteiger partial charge is 0.311 e. The minimum Gasteiger partial charge on any atom is -0.490 e. The van der Waals surface area contributed by atoms with Crippen LogP contribution in [0.1, 0.15) is 12.8 Å². The summed E-state index contributed by atoms with van der Waals surface area (Å²) in [7, 11) is 1.39. The molecule has 1 amide bonds. The molecule has 1 aliphatic heterocycles. The van der Waals surface area contributed by atoms with Crippen LogP contribution in [0.15, 0.2) is 18.3 Å². The number of methoxy groups -OCH3 is 1. The molecule has 22 heavy (non-hydrogen) atoms. The molecule has 1 atom stereocenters. The number of aryl methyl sites for hydroxylation is 1. The van der Waals surface area contributed by atoms with Crippen molar-refractivity contribution in [2.24, 2.45) is 5.92 Å². The maximum Gasteiger partial charge on any atom is 0.311 e. The van der Waals surface area contributed by atoms with E-state index in [0.717, 1.165) is 13.0 Å². The molecular weight excluding hydrogens is 288 g/mol. The van der Waals surface area contributed by atoms with E-state index in [4.69, 9.17) is 4.74 Å². The molecule has 0 saturated carbocycles. The van der Waals surface area contributed by atoms with Gasteiger partial charge in [0.05, 0.1) is 17.5 Å². The molecular formula is C14H16N4O4. The lowest BCUT2D eigenvalue weighted by Gasteiger charge is -2.05. The fraction of sp³-hybridized carbons (Fsp3) is 0.429. The van der Waals surface area contributed by atoms with Crippen LogP contribution in [0.5, 0.6) is 5.75 Å². The van der Waals surface area contributed by atoms with Crippen LogP contribution in [0.2, 0.25) is 0 Å². The second-order valence-corrected chi connectivity index (χ2v) is 5.30. The summed E-state index contributed by atoms with van der Waals surface area (Å²) < 4.78 is 6.76. The van der Waals surface area contributed by atoms with E-state index in [9.17, 15) is 14.9 Å². The number of hydrogen-bond donors (Lipinski definition) is 1. The minimum atomic E-state index is -0.474. The van der Waals surface area contributed by atoms with E-state index in [1.807, 2.05) is 0 Å². The van der Waals surface area contributed by atoms with Gasteiger partial charge in [0, 0.05) is 42.7 Å². The fourth-order valence-corrected chi connectivity index (χ4v) is 2.72. The lowest BCUT2D eigenvalue weighted by molar-refractivity contribution is -0.385. The Labute approximate surface area is 126 Å². The van der Waals surface area contributed by atoms with E-state index >= 15 is 0 Å². The minimum absolute atomic E-state index is 0.0242. The van der Waals surface area contributed by atoms with Gasteiger partial charge < -0.3 is 10.1 Å². The van der Waals surface area contributed by atoms with Crippen molar-refractivity contribution in [1.82, 2.24) is 15.1 Å². The maximum atomic E-state index is 11.5. The number of hydrogen-bond acceptors (Lipinski definition) is 5. The summed E-state index contributed by atoms with van der Waals surface area (Å²) in [6.07, 6.45) is 3.31. The average Bonchev–Trinajstić information content (AvgIpc) is 3.08. The Bertz CT molecular complexity index is 740. The van der Waals surface area contributed by atoms with Gasteiger partial charge in [0.1, 0.15) is 0 Å². The summed E-state index contributed by atoms with van der Waals surface area (Å²) in [6.45, 7) is 1.33. The Morgan fingerprint density at radius 3 is 3.00 bits per heavy atom. The highest BCUT2D eigenvalue weighted by atomic mass is 16.6. The van der Waals surface area contributed by atoms with Crippen LogP contribution in [-0.2, 0) is 11.3 Å². The number of aromatic nitrogens is 2. The van der Waals surface area contributed by atoms with Crippen molar-refractivity contribution in [3.63, 3.8) is 0 Å². The van der Waals surface area contributed by atoms with E-state index in [1.54, 1.807) is 16.9 Å². The molecule has 1 aromatic carbocycles. The molecule has 0 aliphatic carbocycles. The molecule has 1 aliphatic rings. The first-order chi connectivity index (χ1) is 10.6. The molecule has 8 heteroatoms. The Kier molecular flexibility index (Phi) is 3.66. The number of nitrogens with one attached hydrogen (secondary N) is 1. The third-order valence-corrected chi connectivity index (χ3v) is 3.92. The first kappa shape index (κ1) is 14.3. The second kappa shape index (κ2) is 5.63. The van der Waals surface area contributed by atoms with Crippen LogP contribution in [0.4, 0.5) is 5.69 Å². The Morgan fingerprint density at radius 2 is 2.36 bits per heavy atom. The first-order valence-electron chi connectivity index (χ1n) is 7.06. The lowest BCUT2D eigenvalue weighted by Crippen LogP contribution is -2.20. The number of nitrogens with zero attached hydrogens (tertiary/aromatic N) is 3. The van der Waals surface area contributed by atoms with Gasteiger partial charge in [0.2, 0.25) is 5.91 Å². The van der Waals surface area contributed by atoms with Gasteiger partial charge in [0.25, 0.3) is 0 Å². The molecule has 1 N–H and O–H groups in total. The number of benzene rings is 1. The van der Waals surface area contributed by atoms with E-state index in [0.29, 0.717) is 23.9 Å². The SMILES string of the molecule is COc1cc2nn(CCC3CCNC3=O)cc2cc1[N+](=O)[O-]. The molecule has 116 valence electrons. The predicted molar refractivity (Wildman–Crippen MR) is 78.7 cm³/mol. The van der Waals surface area contributed by atoms with Gasteiger partial charge >= 0.3 is 5.69 Å². The number of nitro groups is 1. The zero-order valence-corrected chi connectivity index (χ0v) is 12.1. The van der Waals surface area contributed by atoms with Gasteiger partial charge in [-0.25, -0.2) is 0 Å². The van der Waals surface area contributed by atoms with E-state index in [2.05, 4.69) is 10.4 Å². The summed E-state index contributed by atoms with van der Waals surface area (Å²) in [5.74, 6) is 0.308. The summed E-state index contributed by atoms with van der Waals surface area (Å²) >= 11 is 0. The van der Waals surface area contributed by atoms with E-state index < -0.39 is 4.92 Å². The third kappa shape index (κ3) is 2.59. The first-order valence-corrected chi connectivity index (χ1v) is 7.06. The van der Waals surface area contributed by atoms with Crippen molar-refractivity contribution in [2.75, 3.05) is 13.7 Å². The van der Waals surface area contributed by atoms with Crippen molar-refractivity contribution >= 4 is 22.5 Å². The highest BCUT2D eigenvalue weighted by molar-refractivity contribution is 5.83. The molecule has 0 spiro atoms. The van der Waals surface area contributed by atoms with Crippen molar-refractivity contribution in [3.05, 3.63) is 28.4 Å². The predicted octanol–water partition coefficient (Wildman–Crippen LogP) is 1.48. The molecule has 2 aromatic rings. The van der Waals surface area contributed by atoms with Crippen molar-refractivity contribution < 1.29 is 14.5 Å². The Hall–Kier alpha value is -2.64. The number of carbonyl (C=O) groups is 1. The molecule has 2 heterocycles. The van der Waals surface area contributed by atoms with E-state index in [-0.39, 0.29) is 23.3 Å². The normalized spacial score (nSPS) is 17.7. The van der Waals surface area contributed by atoms with Crippen LogP contribution < -0.4 is 10.1 Å². The highest BCUT2D eigenvalue weighted by Gasteiger charge is 2.24. The number of amides is 1. The molecule has 0 radical (unpaired) electrons. The van der Waals surface area contributed by atoms with Crippen LogP contribution in [0.25, 0.3) is 10.9 Å². The highest BCUT2D eigenvalue weighted by Crippen LogP contribution is 2.31. The molecule has 1 aromatic heterocycles. The lowest BCUT2D eigenvalue weighted by atomic mass is 10.0. The number of fused-ring (bicyclic) bond motifs is 1. The van der Waals surface area contributed by atoms with Crippen molar-refractivity contribution in [1.29, 1.82) is 0 Å². The monoisotopic (exact) mass is 304 g/mol. The summed E-state index contributed by atoms with van der Waals surface area (Å²) in [6, 6.07) is 3.02. The fourth-order valence-electron chi connectivity index (χ4n) is 2.72. The molecule has 1 fully saturated rings. The zero-order valence-electron chi connectivity index (χ0n) is 12.1. The molecule has 8 nitrogen and oxygen atoms in total. The number of carbonyl (C=O) groups excluding carboxylic acids is 1. The van der Waals surface area contributed by atoms with Gasteiger partial charge in [-0.2, -0.15) is 5.10 Å². The maximum absolute atomic E-state index is 11.5. The average molecular weight is 304 g/mol. The van der Waals surface area contributed by atoms with Gasteiger partial charge in [0.15, 0.2) is 5.75 Å². The van der Waals surface area contributed by atoms with Crippen LogP contribution >= 0.6 is 0 Å². The summed E-state index contributed by atoms with van der Waals surface area (Å²) in [5, 5.41) is 18.9. The topological polar surface area (TPSA) is 99.3 Å². The number of nitro benzene ring substituents is 1. The largest absolute Gasteiger partial charge is 0.490 e. The van der Waals surface area contributed by atoms with E-state index in [1.165, 1.54) is 13.2 Å². The van der Waals surface area contributed by atoms with Crippen LogP contribution in [-0.4, -0.2) is 34.3 Å². The standard InChI is InChI=1S/C14H16N4O4/c1-22-13-7-11-10(6-12(13)18(20)21)8-17(16-11)5-3-9-2-4-15-14(9)19/h6-9H,2-5H2,1H3,(H,15,19). The molecule has 1 saturated heterocycles. The van der Waals surface area contributed by atoms with Crippen LogP contribution in [0.3, 0.4) is 0 Å². The van der Waals surface area contributed by atoms with Gasteiger partial charge in [-0.05, 0) is 12.8 Å². The summed E-state index contributed by atoms with van der Waals surface area (Å²) in [4.78, 5) is 22.1. The quantitative estimate of drug-likeness (QED) is 0.666. The number of rotatable bonds is 5.